The number of nitrogens with two attached hydrogens (primary N) is 2. The second-order valence-electron chi connectivity index (χ2n) is 3.03. The van der Waals surface area contributed by atoms with Crippen molar-refractivity contribution < 1.29 is 0 Å². The van der Waals surface area contributed by atoms with E-state index in [2.05, 4.69) is 9.97 Å². The Morgan fingerprint density at radius 1 is 0.750 bits per heavy atom. The van der Waals surface area contributed by atoms with Gasteiger partial charge in [-0.1, -0.05) is 0 Å². The fourth-order valence-electron chi connectivity index (χ4n) is 0.967. The molecule has 2 aromatic rings. The number of hydrogen-bond donors (Lipinski definition) is 2. The molecule has 0 atom stereocenters. The maximum atomic E-state index is 5.55. The minimum Gasteiger partial charge on any atom is -0.397 e. The van der Waals surface area contributed by atoms with Crippen LogP contribution in [0.15, 0.2) is 46.7 Å². The molecule has 0 fully saturated rings. The van der Waals surface area contributed by atoms with Gasteiger partial charge in [0.15, 0.2) is 0 Å². The van der Waals surface area contributed by atoms with Gasteiger partial charge in [-0.3, -0.25) is 0 Å². The van der Waals surface area contributed by atoms with Crippen molar-refractivity contribution in [3.8, 4) is 0 Å². The van der Waals surface area contributed by atoms with Crippen molar-refractivity contribution in [1.82, 2.24) is 9.97 Å². The van der Waals surface area contributed by atoms with Gasteiger partial charge in [0.05, 0.1) is 23.8 Å². The van der Waals surface area contributed by atoms with E-state index in [1.165, 1.54) is 21.6 Å². The number of pyridine rings is 2. The summed E-state index contributed by atoms with van der Waals surface area (Å²) in [5.41, 5.74) is 12.4. The van der Waals surface area contributed by atoms with Gasteiger partial charge in [-0.05, 0) is 45.9 Å². The molecule has 0 saturated carbocycles. The summed E-state index contributed by atoms with van der Waals surface area (Å²) >= 11 is 0. The lowest BCUT2D eigenvalue weighted by molar-refractivity contribution is 1.14. The van der Waals surface area contributed by atoms with E-state index in [1.54, 1.807) is 12.4 Å². The molecule has 0 saturated heterocycles. The fourth-order valence-corrected chi connectivity index (χ4v) is 2.68. The van der Waals surface area contributed by atoms with Gasteiger partial charge in [-0.2, -0.15) is 0 Å². The fraction of sp³-hybridized carbons (Fsp3) is 0. The molecule has 0 bridgehead atoms. The molecule has 2 aromatic heterocycles. The van der Waals surface area contributed by atoms with Crippen LogP contribution in [0.4, 0.5) is 11.4 Å². The van der Waals surface area contributed by atoms with Gasteiger partial charge in [0.25, 0.3) is 0 Å². The first kappa shape index (κ1) is 11.1. The van der Waals surface area contributed by atoms with Gasteiger partial charge in [0, 0.05) is 0 Å². The van der Waals surface area contributed by atoms with Gasteiger partial charge in [0.2, 0.25) is 0 Å². The van der Waals surface area contributed by atoms with Crippen molar-refractivity contribution in [3.05, 3.63) is 36.7 Å². The molecule has 0 aliphatic carbocycles. The maximum absolute atomic E-state index is 5.55. The monoisotopic (exact) mass is 250 g/mol. The summed E-state index contributed by atoms with van der Waals surface area (Å²) in [6.45, 7) is 0. The summed E-state index contributed by atoms with van der Waals surface area (Å²) in [6, 6.07) is 7.41. The largest absolute Gasteiger partial charge is 0.397 e. The highest BCUT2D eigenvalue weighted by Crippen LogP contribution is 2.35. The zero-order chi connectivity index (χ0) is 11.4. The molecule has 4 nitrogen and oxygen atoms in total. The van der Waals surface area contributed by atoms with Gasteiger partial charge >= 0.3 is 0 Å². The van der Waals surface area contributed by atoms with Crippen LogP contribution in [0.1, 0.15) is 0 Å². The van der Waals surface area contributed by atoms with Crippen LogP contribution in [-0.4, -0.2) is 9.97 Å². The standard InChI is InChI=1S/C10H10N4S2/c11-7-1-3-9(13-5-7)15-16-10-4-2-8(12)6-14-10/h1-6H,11-12H2. The summed E-state index contributed by atoms with van der Waals surface area (Å²) in [5.74, 6) is 0. The van der Waals surface area contributed by atoms with Gasteiger partial charge in [-0.25, -0.2) is 9.97 Å². The van der Waals surface area contributed by atoms with Crippen LogP contribution in [0.25, 0.3) is 0 Å². The number of anilines is 2. The third-order valence-corrected chi connectivity index (χ3v) is 3.91. The van der Waals surface area contributed by atoms with Crippen molar-refractivity contribution in [1.29, 1.82) is 0 Å². The minimum atomic E-state index is 0.667. The topological polar surface area (TPSA) is 77.8 Å². The summed E-state index contributed by atoms with van der Waals surface area (Å²) < 4.78 is 0. The molecule has 2 rings (SSSR count). The van der Waals surface area contributed by atoms with Crippen LogP contribution in [-0.2, 0) is 0 Å². The van der Waals surface area contributed by atoms with Crippen LogP contribution in [0, 0.1) is 0 Å². The third-order valence-electron chi connectivity index (χ3n) is 1.73. The van der Waals surface area contributed by atoms with E-state index in [0.717, 1.165) is 10.1 Å². The van der Waals surface area contributed by atoms with Gasteiger partial charge in [0.1, 0.15) is 10.1 Å². The van der Waals surface area contributed by atoms with E-state index in [4.69, 9.17) is 11.5 Å². The molecule has 2 heterocycles. The van der Waals surface area contributed by atoms with Crippen LogP contribution >= 0.6 is 21.6 Å². The third kappa shape index (κ3) is 3.04. The number of aromatic nitrogens is 2. The average Bonchev–Trinajstić information content (AvgIpc) is 2.30. The highest BCUT2D eigenvalue weighted by Gasteiger charge is 1.99. The summed E-state index contributed by atoms with van der Waals surface area (Å²) in [6.07, 6.45) is 3.28. The summed E-state index contributed by atoms with van der Waals surface area (Å²) in [5, 5.41) is 1.80. The second kappa shape index (κ2) is 5.09. The predicted molar refractivity (Wildman–Crippen MR) is 69.0 cm³/mol. The zero-order valence-corrected chi connectivity index (χ0v) is 9.96. The molecule has 0 unspecified atom stereocenters. The van der Waals surface area contributed by atoms with Gasteiger partial charge in [-0.15, -0.1) is 0 Å². The molecule has 0 amide bonds. The summed E-state index contributed by atoms with van der Waals surface area (Å²) in [7, 11) is 3.07. The smallest absolute Gasteiger partial charge is 0.107 e. The zero-order valence-electron chi connectivity index (χ0n) is 8.33. The molecule has 0 aliphatic heterocycles. The van der Waals surface area contributed by atoms with E-state index < -0.39 is 0 Å². The first-order chi connectivity index (χ1) is 7.74. The molecule has 82 valence electrons. The van der Waals surface area contributed by atoms with Crippen molar-refractivity contribution in [3.63, 3.8) is 0 Å². The lowest BCUT2D eigenvalue weighted by Gasteiger charge is -2.00. The molecule has 0 radical (unpaired) electrons. The van der Waals surface area contributed by atoms with Crippen molar-refractivity contribution in [2.75, 3.05) is 11.5 Å². The van der Waals surface area contributed by atoms with Crippen LogP contribution < -0.4 is 11.5 Å². The molecule has 6 heteroatoms. The molecule has 0 spiro atoms. The minimum absolute atomic E-state index is 0.667. The SMILES string of the molecule is Nc1ccc(SSc2ccc(N)cn2)nc1. The number of hydrogen-bond acceptors (Lipinski definition) is 6. The number of nitrogen functional groups attached to an aromatic ring is 2. The van der Waals surface area contributed by atoms with E-state index in [9.17, 15) is 0 Å². The Labute approximate surface area is 101 Å². The Bertz CT molecular complexity index is 410. The lowest BCUT2D eigenvalue weighted by atomic mass is 10.4. The Morgan fingerprint density at radius 2 is 1.19 bits per heavy atom. The lowest BCUT2D eigenvalue weighted by Crippen LogP contribution is -1.86. The van der Waals surface area contributed by atoms with Gasteiger partial charge < -0.3 is 11.5 Å². The van der Waals surface area contributed by atoms with E-state index >= 15 is 0 Å². The van der Waals surface area contributed by atoms with Crippen molar-refractivity contribution in [2.45, 2.75) is 10.1 Å². The number of nitrogens with zero attached hydrogens (tertiary/aromatic N) is 2. The van der Waals surface area contributed by atoms with Crippen LogP contribution in [0.5, 0.6) is 0 Å². The maximum Gasteiger partial charge on any atom is 0.107 e. The van der Waals surface area contributed by atoms with Crippen LogP contribution in [0.3, 0.4) is 0 Å². The summed E-state index contributed by atoms with van der Waals surface area (Å²) in [4.78, 5) is 8.35. The Hall–Kier alpha value is -1.40. The molecule has 0 aliphatic rings. The predicted octanol–water partition coefficient (Wildman–Crippen LogP) is 2.44. The highest BCUT2D eigenvalue weighted by atomic mass is 33.1. The van der Waals surface area contributed by atoms with E-state index in [-0.39, 0.29) is 0 Å². The average molecular weight is 250 g/mol. The Morgan fingerprint density at radius 3 is 1.50 bits per heavy atom. The first-order valence-electron chi connectivity index (χ1n) is 4.51. The second-order valence-corrected chi connectivity index (χ2v) is 5.20. The highest BCUT2D eigenvalue weighted by molar-refractivity contribution is 8.76. The van der Waals surface area contributed by atoms with E-state index in [0.29, 0.717) is 11.4 Å². The molecular formula is C10H10N4S2. The van der Waals surface area contributed by atoms with E-state index in [1.807, 2.05) is 24.3 Å². The van der Waals surface area contributed by atoms with Crippen molar-refractivity contribution in [2.24, 2.45) is 0 Å². The Balaban J connectivity index is 1.97. The van der Waals surface area contributed by atoms with Crippen LogP contribution in [0.2, 0.25) is 0 Å². The molecule has 0 aromatic carbocycles. The normalized spacial score (nSPS) is 10.2. The molecule has 4 N–H and O–H groups in total. The Kier molecular flexibility index (Phi) is 3.53. The quantitative estimate of drug-likeness (QED) is 0.815. The molecule has 16 heavy (non-hydrogen) atoms. The molecular weight excluding hydrogens is 240 g/mol. The number of rotatable bonds is 3. The first-order valence-corrected chi connectivity index (χ1v) is 6.66. The van der Waals surface area contributed by atoms with Crippen molar-refractivity contribution >= 4 is 33.0 Å².